The molecule has 1 saturated heterocycles. The minimum Gasteiger partial charge on any atom is -0.474 e. The fraction of sp³-hybridized carbons (Fsp3) is 0.622. The molecule has 0 amide bonds. The van der Waals surface area contributed by atoms with Gasteiger partial charge in [0.1, 0.15) is 11.9 Å². The molecule has 0 saturated carbocycles. The van der Waals surface area contributed by atoms with E-state index in [0.29, 0.717) is 18.1 Å². The number of hydrogen-bond donors (Lipinski definition) is 0. The van der Waals surface area contributed by atoms with E-state index in [0.717, 1.165) is 43.4 Å². The van der Waals surface area contributed by atoms with E-state index in [1.807, 2.05) is 61.5 Å². The molecule has 0 aromatic heterocycles. The Kier molecular flexibility index (Phi) is 13.1. The molecular formula is C45H68O6Si2. The first-order valence-electron chi connectivity index (χ1n) is 20.1. The van der Waals surface area contributed by atoms with E-state index in [4.69, 9.17) is 23.1 Å². The highest BCUT2D eigenvalue weighted by Gasteiger charge is 2.47. The van der Waals surface area contributed by atoms with E-state index in [-0.39, 0.29) is 52.3 Å². The zero-order chi connectivity index (χ0) is 38.8. The summed E-state index contributed by atoms with van der Waals surface area (Å²) in [7, 11) is -3.99. The van der Waals surface area contributed by atoms with Crippen LogP contribution in [0, 0.1) is 24.7 Å². The number of allylic oxidation sites excluding steroid dienone is 2. The van der Waals surface area contributed by atoms with Crippen LogP contribution in [0.3, 0.4) is 0 Å². The molecule has 2 aliphatic carbocycles. The quantitative estimate of drug-likeness (QED) is 0.159. The lowest BCUT2D eigenvalue weighted by atomic mass is 9.66. The maximum Gasteiger partial charge on any atom is 0.352 e. The van der Waals surface area contributed by atoms with Crippen LogP contribution in [0.1, 0.15) is 97.8 Å². The summed E-state index contributed by atoms with van der Waals surface area (Å²) in [6.07, 6.45) is 10.4. The van der Waals surface area contributed by atoms with Crippen LogP contribution in [0.15, 0.2) is 78.4 Å². The Morgan fingerprint density at radius 1 is 0.868 bits per heavy atom. The maximum atomic E-state index is 14.5. The Balaban J connectivity index is 1.40. The third-order valence-electron chi connectivity index (χ3n) is 12.9. The summed E-state index contributed by atoms with van der Waals surface area (Å²) in [5.74, 6) is 0.942. The zero-order valence-corrected chi connectivity index (χ0v) is 36.7. The largest absolute Gasteiger partial charge is 0.474 e. The fourth-order valence-corrected chi connectivity index (χ4v) is 10.3. The second-order valence-electron chi connectivity index (χ2n) is 19.0. The van der Waals surface area contributed by atoms with Gasteiger partial charge in [0.05, 0.1) is 12.2 Å². The summed E-state index contributed by atoms with van der Waals surface area (Å²) in [5, 5.41) is 0.234. The summed E-state index contributed by atoms with van der Waals surface area (Å²) in [5.41, 5.74) is 3.13. The molecule has 0 radical (unpaired) electrons. The molecular weight excluding hydrogens is 693 g/mol. The molecule has 2 aromatic carbocycles. The third-order valence-corrected chi connectivity index (χ3v) is 21.9. The average Bonchev–Trinajstić information content (AvgIpc) is 3.07. The number of carbonyl (C=O) groups excluding carboxylic acids is 1. The number of benzene rings is 2. The molecule has 5 rings (SSSR count). The number of ether oxygens (including phenoxy) is 3. The van der Waals surface area contributed by atoms with Crippen molar-refractivity contribution in [2.75, 3.05) is 6.61 Å². The number of aryl methyl sites for hydroxylation is 1. The maximum absolute atomic E-state index is 14.5. The van der Waals surface area contributed by atoms with Gasteiger partial charge in [-0.15, -0.1) is 0 Å². The first kappa shape index (κ1) is 41.7. The summed E-state index contributed by atoms with van der Waals surface area (Å²) >= 11 is 0. The lowest BCUT2D eigenvalue weighted by Crippen LogP contribution is -2.48. The molecule has 1 fully saturated rings. The van der Waals surface area contributed by atoms with Crippen LogP contribution in [-0.2, 0) is 23.1 Å². The Bertz CT molecular complexity index is 1570. The second-order valence-corrected chi connectivity index (χ2v) is 28.5. The van der Waals surface area contributed by atoms with Crippen LogP contribution in [0.2, 0.25) is 36.3 Å². The molecule has 8 heteroatoms. The van der Waals surface area contributed by atoms with Crippen LogP contribution in [-0.4, -0.2) is 53.6 Å². The normalized spacial score (nSPS) is 27.4. The van der Waals surface area contributed by atoms with E-state index >= 15 is 0 Å². The van der Waals surface area contributed by atoms with Gasteiger partial charge in [-0.25, -0.2) is 4.79 Å². The minimum atomic E-state index is -2.11. The lowest BCUT2D eigenvalue weighted by molar-refractivity contribution is -0.163. The van der Waals surface area contributed by atoms with Gasteiger partial charge in [-0.05, 0) is 98.4 Å². The summed E-state index contributed by atoms with van der Waals surface area (Å²) in [6, 6.07) is 17.6. The smallest absolute Gasteiger partial charge is 0.352 e. The molecule has 6 nitrogen and oxygen atoms in total. The van der Waals surface area contributed by atoms with Gasteiger partial charge in [-0.2, -0.15) is 0 Å². The Hall–Kier alpha value is -2.50. The van der Waals surface area contributed by atoms with Gasteiger partial charge in [-0.1, -0.05) is 115 Å². The number of rotatable bonds is 12. The van der Waals surface area contributed by atoms with Crippen molar-refractivity contribution < 1.29 is 27.9 Å². The van der Waals surface area contributed by atoms with Crippen molar-refractivity contribution in [2.45, 2.75) is 154 Å². The van der Waals surface area contributed by atoms with Crippen molar-refractivity contribution in [1.29, 1.82) is 0 Å². The summed E-state index contributed by atoms with van der Waals surface area (Å²) in [6.45, 7) is 28.1. The number of hydrogen-bond acceptors (Lipinski definition) is 6. The molecule has 1 aliphatic heterocycles. The SMILES string of the molecule is Cc1ccc(OC(C(=O)O[C@H]2C[C@H](O[Si](C)(C)C(C)(C)C)C=C3C=C[C@H](C)[C@H](CC[C@@H]4C[C@H](O[Si](C)(C)C(C)(C)C)CCO4)[C@H]32)c2ccccc2)cc1. The van der Waals surface area contributed by atoms with Crippen molar-refractivity contribution in [1.82, 2.24) is 0 Å². The molecule has 292 valence electrons. The number of fused-ring (bicyclic) bond motifs is 1. The zero-order valence-electron chi connectivity index (χ0n) is 34.7. The van der Waals surface area contributed by atoms with E-state index in [1.54, 1.807) is 0 Å². The predicted molar refractivity (Wildman–Crippen MR) is 221 cm³/mol. The number of esters is 1. The van der Waals surface area contributed by atoms with Crippen LogP contribution in [0.4, 0.5) is 0 Å². The van der Waals surface area contributed by atoms with E-state index in [2.05, 4.69) is 92.9 Å². The van der Waals surface area contributed by atoms with Gasteiger partial charge < -0.3 is 23.1 Å². The summed E-state index contributed by atoms with van der Waals surface area (Å²) in [4.78, 5) is 14.5. The first-order valence-corrected chi connectivity index (χ1v) is 25.9. The molecule has 1 unspecified atom stereocenters. The highest BCUT2D eigenvalue weighted by Crippen LogP contribution is 2.47. The van der Waals surface area contributed by atoms with Crippen LogP contribution in [0.25, 0.3) is 0 Å². The highest BCUT2D eigenvalue weighted by molar-refractivity contribution is 6.74. The summed E-state index contributed by atoms with van der Waals surface area (Å²) < 4.78 is 33.5. The van der Waals surface area contributed by atoms with E-state index in [9.17, 15) is 4.79 Å². The van der Waals surface area contributed by atoms with Crippen LogP contribution >= 0.6 is 0 Å². The Morgan fingerprint density at radius 2 is 1.51 bits per heavy atom. The predicted octanol–water partition coefficient (Wildman–Crippen LogP) is 11.5. The fourth-order valence-electron chi connectivity index (χ4n) is 7.58. The molecule has 3 aliphatic rings. The lowest BCUT2D eigenvalue weighted by Gasteiger charge is -2.46. The molecule has 1 heterocycles. The molecule has 0 spiro atoms. The monoisotopic (exact) mass is 760 g/mol. The number of carbonyl (C=O) groups is 1. The van der Waals surface area contributed by atoms with Crippen LogP contribution in [0.5, 0.6) is 5.75 Å². The van der Waals surface area contributed by atoms with Crippen LogP contribution < -0.4 is 4.74 Å². The molecule has 8 atom stereocenters. The minimum absolute atomic E-state index is 0.0527. The van der Waals surface area contributed by atoms with Gasteiger partial charge in [0.25, 0.3) is 0 Å². The van der Waals surface area contributed by atoms with Gasteiger partial charge in [0.2, 0.25) is 6.10 Å². The van der Waals surface area contributed by atoms with Crippen molar-refractivity contribution in [3.63, 3.8) is 0 Å². The van der Waals surface area contributed by atoms with Gasteiger partial charge in [0.15, 0.2) is 16.6 Å². The average molecular weight is 761 g/mol. The van der Waals surface area contributed by atoms with Crippen molar-refractivity contribution >= 4 is 22.6 Å². The molecule has 0 N–H and O–H groups in total. The van der Waals surface area contributed by atoms with E-state index < -0.39 is 22.7 Å². The second kappa shape index (κ2) is 16.7. The van der Waals surface area contributed by atoms with Gasteiger partial charge in [-0.3, -0.25) is 0 Å². The highest BCUT2D eigenvalue weighted by atomic mass is 28.4. The van der Waals surface area contributed by atoms with Gasteiger partial charge >= 0.3 is 5.97 Å². The molecule has 0 bridgehead atoms. The van der Waals surface area contributed by atoms with Crippen molar-refractivity contribution in [2.24, 2.45) is 17.8 Å². The van der Waals surface area contributed by atoms with Crippen molar-refractivity contribution in [3.05, 3.63) is 89.5 Å². The Labute approximate surface area is 323 Å². The molecule has 2 aromatic rings. The van der Waals surface area contributed by atoms with E-state index in [1.165, 1.54) is 5.57 Å². The first-order chi connectivity index (χ1) is 24.7. The topological polar surface area (TPSA) is 63.2 Å². The standard InChI is InChI=1S/C45H68O6Si2/c1-31-18-22-35(23-19-31)48-42(33-16-14-13-15-17-33)43(46)49-40-30-38(51-53(11,12)45(6,7)8)28-34-21-20-32(2)39(41(34)40)25-24-36-29-37(26-27-47-36)50-52(9,10)44(3,4)5/h13-23,28,32,36-42H,24-27,29-30H2,1-12H3/t32-,36+,37+,38+,39-,40-,41-,42?/m0/s1. The third kappa shape index (κ3) is 10.4. The molecule has 53 heavy (non-hydrogen) atoms. The van der Waals surface area contributed by atoms with Crippen molar-refractivity contribution in [3.8, 4) is 5.75 Å². The van der Waals surface area contributed by atoms with Gasteiger partial charge in [0, 0.05) is 30.6 Å². The Morgan fingerprint density at radius 3 is 2.15 bits per heavy atom.